The molecule has 2 radical (unpaired) electrons. The maximum absolute atomic E-state index is 10.8. The molecule has 0 unspecified atom stereocenters. The third kappa shape index (κ3) is 2580. The topological polar surface area (TPSA) is 0 Å². The fraction of sp³-hybridized carbons (Fsp3) is 1.00. The molecule has 0 aliphatic heterocycles. The van der Waals surface area contributed by atoms with E-state index in [1.807, 2.05) is 0 Å². The molecule has 5 heavy (non-hydrogen) atoms. The van der Waals surface area contributed by atoms with Crippen molar-refractivity contribution in [3.05, 3.63) is 0 Å². The molecule has 0 aliphatic rings. The summed E-state index contributed by atoms with van der Waals surface area (Å²) in [4.78, 5) is 0. The largest absolute Gasteiger partial charge is 0.220 e. The van der Waals surface area contributed by atoms with Crippen molar-refractivity contribution in [2.24, 2.45) is 0 Å². The van der Waals surface area contributed by atoms with E-state index in [1.54, 1.807) is 0 Å². The van der Waals surface area contributed by atoms with Crippen molar-refractivity contribution in [3.63, 3.8) is 0 Å². The molecule has 0 rings (SSSR count). The molecule has 0 aromatic rings. The fourth-order valence-electron chi connectivity index (χ4n) is 0. The molecule has 0 atom stereocenters. The molecule has 0 N–H and O–H groups in total. The molecule has 0 nitrogen and oxygen atoms in total. The smallest absolute Gasteiger partial charge is 0.197 e. The Morgan fingerprint density at radius 3 is 1.60 bits per heavy atom. The number of hydrogen-bond acceptors (Lipinski definition) is 0. The van der Waals surface area contributed by atoms with Gasteiger partial charge >= 0.3 is 0 Å². The van der Waals surface area contributed by atoms with Gasteiger partial charge in [0.25, 0.3) is 0 Å². The normalized spacial score (nSPS) is 11.8. The lowest BCUT2D eigenvalue weighted by atomic mass is 10.0. The summed E-state index contributed by atoms with van der Waals surface area (Å²) in [7, 11) is 4.02. The lowest BCUT2D eigenvalue weighted by molar-refractivity contribution is 0.118. The SMILES string of the molecule is [B]C(C)(F)F. The maximum Gasteiger partial charge on any atom is 0.197 e. The van der Waals surface area contributed by atoms with Gasteiger partial charge in [-0.3, -0.25) is 0 Å². The van der Waals surface area contributed by atoms with Crippen molar-refractivity contribution in [3.8, 4) is 0 Å². The van der Waals surface area contributed by atoms with E-state index in [0.717, 1.165) is 0 Å². The number of halogens is 2. The minimum absolute atomic E-state index is 0.632. The first-order chi connectivity index (χ1) is 2.00. The Labute approximate surface area is 30.6 Å². The van der Waals surface area contributed by atoms with Crippen molar-refractivity contribution in [1.82, 2.24) is 0 Å². The molecule has 0 aromatic carbocycles. The average Bonchev–Trinajstić information content (AvgIpc) is 0.722. The van der Waals surface area contributed by atoms with Crippen LogP contribution in [-0.4, -0.2) is 13.7 Å². The quantitative estimate of drug-likeness (QED) is 0.373. The van der Waals surface area contributed by atoms with E-state index in [1.165, 1.54) is 0 Å². The molecule has 3 heteroatoms. The second-order valence-corrected chi connectivity index (χ2v) is 0.956. The molecule has 0 saturated carbocycles. The predicted octanol–water partition coefficient (Wildman–Crippen LogP) is 0.768. The van der Waals surface area contributed by atoms with Crippen LogP contribution in [0.4, 0.5) is 8.78 Å². The molecule has 0 bridgehead atoms. The highest BCUT2D eigenvalue weighted by Crippen LogP contribution is 2.01. The van der Waals surface area contributed by atoms with Crippen LogP contribution in [0.2, 0.25) is 0 Å². The highest BCUT2D eigenvalue weighted by atomic mass is 19.3. The molecule has 0 heterocycles. The monoisotopic (exact) mass is 76.0 g/mol. The summed E-state index contributed by atoms with van der Waals surface area (Å²) >= 11 is 0. The van der Waals surface area contributed by atoms with E-state index in [4.69, 9.17) is 0 Å². The highest BCUT2D eigenvalue weighted by molar-refractivity contribution is 6.12. The summed E-state index contributed by atoms with van der Waals surface area (Å²) < 4.78 is 21.6. The standard InChI is InChI=1S/C2H3BF2/c1-2(3,4)5/h1H3. The zero-order valence-electron chi connectivity index (χ0n) is 2.83. The Morgan fingerprint density at radius 1 is 1.60 bits per heavy atom. The van der Waals surface area contributed by atoms with E-state index in [0.29, 0.717) is 6.92 Å². The van der Waals surface area contributed by atoms with Crippen molar-refractivity contribution >= 4 is 7.85 Å². The molecule has 0 aromatic heterocycles. The van der Waals surface area contributed by atoms with Crippen LogP contribution in [0, 0.1) is 0 Å². The molecular weight excluding hydrogens is 72.8 g/mol. The van der Waals surface area contributed by atoms with Crippen molar-refractivity contribution in [1.29, 1.82) is 0 Å². The van der Waals surface area contributed by atoms with Crippen LogP contribution in [0.25, 0.3) is 0 Å². The van der Waals surface area contributed by atoms with Gasteiger partial charge in [0.2, 0.25) is 0 Å². The first-order valence-electron chi connectivity index (χ1n) is 1.17. The van der Waals surface area contributed by atoms with E-state index in [2.05, 4.69) is 7.85 Å². The zero-order chi connectivity index (χ0) is 4.50. The van der Waals surface area contributed by atoms with Gasteiger partial charge in [-0.15, -0.1) is 0 Å². The molecule has 0 amide bonds. The summed E-state index contributed by atoms with van der Waals surface area (Å²) in [6.07, 6.45) is 0. The number of rotatable bonds is 0. The van der Waals surface area contributed by atoms with Gasteiger partial charge in [-0.2, -0.15) is 0 Å². The Hall–Kier alpha value is -0.0751. The second kappa shape index (κ2) is 0.957. The minimum Gasteiger partial charge on any atom is -0.220 e. The fourth-order valence-corrected chi connectivity index (χ4v) is 0. The Balaban J connectivity index is 3.02. The van der Waals surface area contributed by atoms with Crippen LogP contribution in [0.3, 0.4) is 0 Å². The van der Waals surface area contributed by atoms with Gasteiger partial charge < -0.3 is 0 Å². The first kappa shape index (κ1) is 4.92. The van der Waals surface area contributed by atoms with Gasteiger partial charge in [-0.05, 0) is 6.92 Å². The van der Waals surface area contributed by atoms with E-state index in [9.17, 15) is 8.78 Å². The molecule has 0 aliphatic carbocycles. The molecule has 0 fully saturated rings. The Bertz CT molecular complexity index is 23.1. The highest BCUT2D eigenvalue weighted by Gasteiger charge is 2.08. The van der Waals surface area contributed by atoms with Crippen molar-refractivity contribution in [2.45, 2.75) is 12.7 Å². The average molecular weight is 75.9 g/mol. The third-order valence-electron chi connectivity index (χ3n) is 0. The summed E-state index contributed by atoms with van der Waals surface area (Å²) in [6, 6.07) is 0. The Kier molecular flexibility index (Phi) is 0.942. The summed E-state index contributed by atoms with van der Waals surface area (Å²) in [5, 5.41) is 0. The minimum atomic E-state index is -3.00. The van der Waals surface area contributed by atoms with Gasteiger partial charge in [-0.25, -0.2) is 8.78 Å². The molecule has 0 saturated heterocycles. The van der Waals surface area contributed by atoms with Gasteiger partial charge in [0.15, 0.2) is 13.7 Å². The van der Waals surface area contributed by atoms with Crippen LogP contribution in [-0.2, 0) is 0 Å². The van der Waals surface area contributed by atoms with Crippen LogP contribution in [0.5, 0.6) is 0 Å². The lowest BCUT2D eigenvalue weighted by Crippen LogP contribution is -2.06. The van der Waals surface area contributed by atoms with Gasteiger partial charge in [0.05, 0.1) is 0 Å². The van der Waals surface area contributed by atoms with Gasteiger partial charge in [-0.1, -0.05) is 0 Å². The number of alkyl halides is 2. The van der Waals surface area contributed by atoms with Crippen molar-refractivity contribution < 1.29 is 8.78 Å². The lowest BCUT2D eigenvalue weighted by Gasteiger charge is -1.95. The van der Waals surface area contributed by atoms with Crippen LogP contribution in [0.15, 0.2) is 0 Å². The number of hydrogen-bond donors (Lipinski definition) is 0. The van der Waals surface area contributed by atoms with E-state index in [-0.39, 0.29) is 0 Å². The summed E-state index contributed by atoms with van der Waals surface area (Å²) in [5.41, 5.74) is 0. The van der Waals surface area contributed by atoms with Gasteiger partial charge in [0.1, 0.15) is 0 Å². The molecule has 0 spiro atoms. The van der Waals surface area contributed by atoms with E-state index >= 15 is 0 Å². The van der Waals surface area contributed by atoms with E-state index < -0.39 is 5.82 Å². The zero-order valence-corrected chi connectivity index (χ0v) is 2.83. The molecule has 28 valence electrons. The summed E-state index contributed by atoms with van der Waals surface area (Å²) in [6.45, 7) is 0.632. The van der Waals surface area contributed by atoms with Gasteiger partial charge in [0, 0.05) is 0 Å². The third-order valence-corrected chi connectivity index (χ3v) is 0. The maximum atomic E-state index is 10.8. The Morgan fingerprint density at radius 2 is 1.60 bits per heavy atom. The second-order valence-electron chi connectivity index (χ2n) is 0.956. The molecular formula is C2H3BF2. The van der Waals surface area contributed by atoms with Crippen molar-refractivity contribution in [2.75, 3.05) is 0 Å². The first-order valence-corrected chi connectivity index (χ1v) is 1.17. The summed E-state index contributed by atoms with van der Waals surface area (Å²) in [5.74, 6) is -3.00. The predicted molar refractivity (Wildman–Crippen MR) is 16.4 cm³/mol. The van der Waals surface area contributed by atoms with Crippen LogP contribution in [0.1, 0.15) is 6.92 Å². The van der Waals surface area contributed by atoms with Crippen LogP contribution < -0.4 is 0 Å². The van der Waals surface area contributed by atoms with Crippen LogP contribution >= 0.6 is 0 Å².